The molecule has 0 fully saturated rings. The summed E-state index contributed by atoms with van der Waals surface area (Å²) in [7, 11) is 1.86. The van der Waals surface area contributed by atoms with Crippen LogP contribution in [0.15, 0.2) is 22.9 Å². The first-order valence-electron chi connectivity index (χ1n) is 3.13. The van der Waals surface area contributed by atoms with Gasteiger partial charge in [0.25, 0.3) is 0 Å². The Kier molecular flexibility index (Phi) is 2.64. The van der Waals surface area contributed by atoms with Crippen molar-refractivity contribution in [1.82, 2.24) is 5.32 Å². The van der Waals surface area contributed by atoms with Gasteiger partial charge in [0.1, 0.15) is 0 Å². The van der Waals surface area contributed by atoms with Gasteiger partial charge in [0, 0.05) is 17.8 Å². The Morgan fingerprint density at radius 3 is 2.90 bits per heavy atom. The lowest BCUT2D eigenvalue weighted by Crippen LogP contribution is -2.10. The molecule has 1 aliphatic carbocycles. The average Bonchev–Trinajstić information content (AvgIpc) is 1.95. The maximum Gasteiger partial charge on any atom is 0.0728 e. The van der Waals surface area contributed by atoms with Gasteiger partial charge in [-0.05, 0) is 12.5 Å². The van der Waals surface area contributed by atoms with Crippen molar-refractivity contribution in [2.24, 2.45) is 0 Å². The van der Waals surface area contributed by atoms with Crippen LogP contribution >= 0.6 is 23.2 Å². The fourth-order valence-electron chi connectivity index (χ4n) is 0.815. The van der Waals surface area contributed by atoms with E-state index in [1.165, 1.54) is 0 Å². The van der Waals surface area contributed by atoms with Crippen LogP contribution in [0.3, 0.4) is 0 Å². The first-order chi connectivity index (χ1) is 4.74. The maximum absolute atomic E-state index is 5.82. The second kappa shape index (κ2) is 3.31. The minimum Gasteiger partial charge on any atom is -0.388 e. The Hall–Kier alpha value is -0.140. The summed E-state index contributed by atoms with van der Waals surface area (Å²) in [6, 6.07) is 0. The Labute approximate surface area is 70.7 Å². The van der Waals surface area contributed by atoms with Crippen LogP contribution in [0, 0.1) is 0 Å². The van der Waals surface area contributed by atoms with Gasteiger partial charge in [-0.25, -0.2) is 0 Å². The van der Waals surface area contributed by atoms with Gasteiger partial charge >= 0.3 is 0 Å². The fraction of sp³-hybridized carbons (Fsp3) is 0.429. The molecule has 0 aromatic rings. The summed E-state index contributed by atoms with van der Waals surface area (Å²) >= 11 is 11.6. The van der Waals surface area contributed by atoms with Crippen molar-refractivity contribution >= 4 is 23.2 Å². The van der Waals surface area contributed by atoms with Crippen molar-refractivity contribution in [1.29, 1.82) is 0 Å². The van der Waals surface area contributed by atoms with Crippen molar-refractivity contribution in [3.05, 3.63) is 22.9 Å². The first kappa shape index (κ1) is 7.96. The molecule has 0 amide bonds. The lowest BCUT2D eigenvalue weighted by atomic mass is 10.1. The second-order valence-electron chi connectivity index (χ2n) is 2.14. The molecule has 56 valence electrons. The molecule has 0 saturated carbocycles. The molecule has 1 rings (SSSR count). The summed E-state index contributed by atoms with van der Waals surface area (Å²) in [5, 5.41) is 3.68. The number of hydrogen-bond acceptors (Lipinski definition) is 1. The van der Waals surface area contributed by atoms with Crippen molar-refractivity contribution in [2.45, 2.75) is 11.8 Å². The summed E-state index contributed by atoms with van der Waals surface area (Å²) in [5.41, 5.74) is 1.04. The largest absolute Gasteiger partial charge is 0.388 e. The molecule has 0 aliphatic heterocycles. The van der Waals surface area contributed by atoms with E-state index in [1.54, 1.807) is 0 Å². The molecule has 0 aromatic heterocycles. The molecule has 0 saturated heterocycles. The second-order valence-corrected chi connectivity index (χ2v) is 3.11. The van der Waals surface area contributed by atoms with Crippen LogP contribution in [0.1, 0.15) is 6.42 Å². The zero-order chi connectivity index (χ0) is 7.56. The van der Waals surface area contributed by atoms with Gasteiger partial charge in [-0.2, -0.15) is 0 Å². The van der Waals surface area contributed by atoms with E-state index in [4.69, 9.17) is 23.2 Å². The third kappa shape index (κ3) is 1.68. The van der Waals surface area contributed by atoms with Crippen LogP contribution in [-0.2, 0) is 0 Å². The van der Waals surface area contributed by atoms with Crippen LogP contribution in [0.4, 0.5) is 0 Å². The molecule has 0 radical (unpaired) electrons. The fourth-order valence-corrected chi connectivity index (χ4v) is 1.17. The minimum absolute atomic E-state index is 0.0289. The number of alkyl halides is 1. The van der Waals surface area contributed by atoms with Gasteiger partial charge in [-0.1, -0.05) is 17.7 Å². The Balaban J connectivity index is 2.69. The van der Waals surface area contributed by atoms with Crippen molar-refractivity contribution < 1.29 is 0 Å². The summed E-state index contributed by atoms with van der Waals surface area (Å²) in [6.07, 6.45) is 4.69. The van der Waals surface area contributed by atoms with Crippen LogP contribution in [0.2, 0.25) is 0 Å². The maximum atomic E-state index is 5.82. The number of nitrogens with one attached hydrogen (secondary N) is 1. The summed E-state index contributed by atoms with van der Waals surface area (Å²) in [5.74, 6) is 0. The van der Waals surface area contributed by atoms with Gasteiger partial charge in [0.05, 0.1) is 5.38 Å². The molecule has 1 unspecified atom stereocenters. The monoisotopic (exact) mass is 177 g/mol. The molecule has 0 bridgehead atoms. The number of allylic oxidation sites excluding steroid dienone is 3. The Morgan fingerprint density at radius 1 is 1.70 bits per heavy atom. The summed E-state index contributed by atoms with van der Waals surface area (Å²) in [4.78, 5) is 0. The third-order valence-corrected chi connectivity index (χ3v) is 2.32. The molecule has 0 aromatic carbocycles. The van der Waals surface area contributed by atoms with E-state index in [9.17, 15) is 0 Å². The van der Waals surface area contributed by atoms with E-state index in [1.807, 2.05) is 19.2 Å². The van der Waals surface area contributed by atoms with E-state index in [0.717, 1.165) is 12.1 Å². The SMILES string of the molecule is CNC1=CCC(Cl)C(Cl)=C1. The third-order valence-electron chi connectivity index (χ3n) is 1.43. The van der Waals surface area contributed by atoms with Crippen molar-refractivity contribution in [2.75, 3.05) is 7.05 Å². The highest BCUT2D eigenvalue weighted by Gasteiger charge is 2.11. The van der Waals surface area contributed by atoms with E-state index >= 15 is 0 Å². The lowest BCUT2D eigenvalue weighted by molar-refractivity contribution is 0.936. The van der Waals surface area contributed by atoms with Crippen LogP contribution in [0.25, 0.3) is 0 Å². The molecule has 3 heteroatoms. The molecular formula is C7H9Cl2N. The van der Waals surface area contributed by atoms with Gasteiger partial charge in [0.2, 0.25) is 0 Å². The normalized spacial score (nSPS) is 25.3. The van der Waals surface area contributed by atoms with Crippen LogP contribution in [-0.4, -0.2) is 12.4 Å². The Bertz CT molecular complexity index is 184. The van der Waals surface area contributed by atoms with Gasteiger partial charge in [-0.15, -0.1) is 11.6 Å². The standard InChI is InChI=1S/C7H9Cl2N/c1-10-5-2-3-6(8)7(9)4-5/h2,4,6,10H,3H2,1H3. The average molecular weight is 178 g/mol. The molecule has 1 nitrogen and oxygen atoms in total. The zero-order valence-electron chi connectivity index (χ0n) is 5.70. The molecule has 0 heterocycles. The molecular weight excluding hydrogens is 169 g/mol. The van der Waals surface area contributed by atoms with Gasteiger partial charge in [-0.3, -0.25) is 0 Å². The predicted molar refractivity (Wildman–Crippen MR) is 45.3 cm³/mol. The highest BCUT2D eigenvalue weighted by Crippen LogP contribution is 2.24. The highest BCUT2D eigenvalue weighted by molar-refractivity contribution is 6.37. The minimum atomic E-state index is -0.0289. The number of hydrogen-bond donors (Lipinski definition) is 1. The number of halogens is 2. The Morgan fingerprint density at radius 2 is 2.40 bits per heavy atom. The number of likely N-dealkylation sites (N-methyl/N-ethyl adjacent to an activating group) is 1. The molecule has 10 heavy (non-hydrogen) atoms. The van der Waals surface area contributed by atoms with E-state index in [-0.39, 0.29) is 5.38 Å². The van der Waals surface area contributed by atoms with E-state index in [2.05, 4.69) is 5.32 Å². The highest BCUT2D eigenvalue weighted by atomic mass is 35.5. The van der Waals surface area contributed by atoms with E-state index in [0.29, 0.717) is 5.03 Å². The molecule has 1 aliphatic rings. The van der Waals surface area contributed by atoms with Crippen molar-refractivity contribution in [3.63, 3.8) is 0 Å². The van der Waals surface area contributed by atoms with Crippen molar-refractivity contribution in [3.8, 4) is 0 Å². The lowest BCUT2D eigenvalue weighted by Gasteiger charge is -2.13. The molecule has 0 spiro atoms. The van der Waals surface area contributed by atoms with Crippen LogP contribution < -0.4 is 5.32 Å². The predicted octanol–water partition coefficient (Wildman–Crippen LogP) is 2.22. The topological polar surface area (TPSA) is 12.0 Å². The first-order valence-corrected chi connectivity index (χ1v) is 3.94. The molecule has 1 atom stereocenters. The van der Waals surface area contributed by atoms with Crippen LogP contribution in [0.5, 0.6) is 0 Å². The number of rotatable bonds is 1. The molecule has 1 N–H and O–H groups in total. The van der Waals surface area contributed by atoms with E-state index < -0.39 is 0 Å². The van der Waals surface area contributed by atoms with Gasteiger partial charge in [0.15, 0.2) is 0 Å². The zero-order valence-corrected chi connectivity index (χ0v) is 7.21. The van der Waals surface area contributed by atoms with Gasteiger partial charge < -0.3 is 5.32 Å². The quantitative estimate of drug-likeness (QED) is 0.607. The summed E-state index contributed by atoms with van der Waals surface area (Å²) in [6.45, 7) is 0. The smallest absolute Gasteiger partial charge is 0.0728 e. The summed E-state index contributed by atoms with van der Waals surface area (Å²) < 4.78 is 0.